The number of carbonyl (C=O) groups is 1. The summed E-state index contributed by atoms with van der Waals surface area (Å²) < 4.78 is 13.9. The molecule has 0 unspecified atom stereocenters. The van der Waals surface area contributed by atoms with Gasteiger partial charge in [-0.2, -0.15) is 8.75 Å². The van der Waals surface area contributed by atoms with Gasteiger partial charge in [-0.25, -0.2) is 0 Å². The summed E-state index contributed by atoms with van der Waals surface area (Å²) in [6.45, 7) is 2.26. The van der Waals surface area contributed by atoms with Crippen molar-refractivity contribution in [2.75, 3.05) is 5.32 Å². The Labute approximate surface area is 137 Å². The molecule has 23 heavy (non-hydrogen) atoms. The van der Waals surface area contributed by atoms with E-state index in [2.05, 4.69) is 19.0 Å². The summed E-state index contributed by atoms with van der Waals surface area (Å²) >= 11 is 1.17. The molecule has 0 aliphatic heterocycles. The van der Waals surface area contributed by atoms with Gasteiger partial charge in [-0.1, -0.05) is 0 Å². The van der Waals surface area contributed by atoms with Crippen molar-refractivity contribution in [2.45, 2.75) is 13.5 Å². The highest BCUT2D eigenvalue weighted by Crippen LogP contribution is 2.16. The van der Waals surface area contributed by atoms with Crippen molar-refractivity contribution in [3.8, 4) is 5.75 Å². The monoisotopic (exact) mass is 326 g/mol. The largest absolute Gasteiger partial charge is 0.487 e. The lowest BCUT2D eigenvalue weighted by Crippen LogP contribution is -2.11. The second-order valence-electron chi connectivity index (χ2n) is 4.80. The van der Waals surface area contributed by atoms with Crippen LogP contribution in [0, 0.1) is 6.92 Å². The lowest BCUT2D eigenvalue weighted by molar-refractivity contribution is 0.102. The minimum Gasteiger partial charge on any atom is -0.487 e. The van der Waals surface area contributed by atoms with Crippen LogP contribution in [0.15, 0.2) is 48.8 Å². The Morgan fingerprint density at radius 3 is 2.52 bits per heavy atom. The molecular weight excluding hydrogens is 312 g/mol. The molecular formula is C16H14N4O2S. The average Bonchev–Trinajstić information content (AvgIpc) is 2.99. The lowest BCUT2D eigenvalue weighted by atomic mass is 10.2. The number of rotatable bonds is 5. The second kappa shape index (κ2) is 6.97. The van der Waals surface area contributed by atoms with Crippen molar-refractivity contribution in [1.82, 2.24) is 13.7 Å². The van der Waals surface area contributed by atoms with Gasteiger partial charge in [0.05, 0.1) is 17.4 Å². The van der Waals surface area contributed by atoms with Gasteiger partial charge >= 0.3 is 0 Å². The Balaban J connectivity index is 1.60. The van der Waals surface area contributed by atoms with Crippen LogP contribution in [0.3, 0.4) is 0 Å². The van der Waals surface area contributed by atoms with E-state index in [-0.39, 0.29) is 5.91 Å². The second-order valence-corrected chi connectivity index (χ2v) is 5.33. The number of amides is 1. The molecule has 0 bridgehead atoms. The van der Waals surface area contributed by atoms with Gasteiger partial charge in [0.15, 0.2) is 0 Å². The maximum atomic E-state index is 12.1. The lowest BCUT2D eigenvalue weighted by Gasteiger charge is -2.07. The fraction of sp³-hybridized carbons (Fsp3) is 0.125. The Bertz CT molecular complexity index is 787. The first-order chi connectivity index (χ1) is 11.2. The maximum Gasteiger partial charge on any atom is 0.255 e. The van der Waals surface area contributed by atoms with E-state index in [9.17, 15) is 4.79 Å². The topological polar surface area (TPSA) is 77.0 Å². The van der Waals surface area contributed by atoms with Crippen LogP contribution in [0.1, 0.15) is 21.7 Å². The molecule has 6 nitrogen and oxygen atoms in total. The number of carbonyl (C=O) groups excluding carboxylic acids is 1. The molecule has 0 aliphatic carbocycles. The molecule has 0 saturated heterocycles. The summed E-state index contributed by atoms with van der Waals surface area (Å²) in [5.74, 6) is 0.500. The number of hydrogen-bond acceptors (Lipinski definition) is 6. The van der Waals surface area contributed by atoms with Crippen molar-refractivity contribution in [3.05, 3.63) is 65.7 Å². The number of ether oxygens (including phenoxy) is 1. The Morgan fingerprint density at radius 1 is 1.13 bits per heavy atom. The predicted octanol–water partition coefficient (Wildman–Crippen LogP) is 3.07. The smallest absolute Gasteiger partial charge is 0.255 e. The van der Waals surface area contributed by atoms with E-state index in [0.29, 0.717) is 23.6 Å². The zero-order valence-corrected chi connectivity index (χ0v) is 13.2. The van der Waals surface area contributed by atoms with Gasteiger partial charge in [-0.3, -0.25) is 9.78 Å². The summed E-state index contributed by atoms with van der Waals surface area (Å²) in [5.41, 5.74) is 2.97. The average molecular weight is 326 g/mol. The van der Waals surface area contributed by atoms with Crippen molar-refractivity contribution in [1.29, 1.82) is 0 Å². The number of nitrogens with zero attached hydrogens (tertiary/aromatic N) is 3. The fourth-order valence-electron chi connectivity index (χ4n) is 1.87. The molecule has 1 N–H and O–H groups in total. The van der Waals surface area contributed by atoms with Crippen LogP contribution in [0.25, 0.3) is 0 Å². The quantitative estimate of drug-likeness (QED) is 0.779. The van der Waals surface area contributed by atoms with E-state index in [0.717, 1.165) is 11.4 Å². The molecule has 0 atom stereocenters. The molecule has 0 fully saturated rings. The highest BCUT2D eigenvalue weighted by atomic mass is 32.1. The fourth-order valence-corrected chi connectivity index (χ4v) is 2.43. The van der Waals surface area contributed by atoms with Gasteiger partial charge in [0.25, 0.3) is 5.91 Å². The van der Waals surface area contributed by atoms with E-state index in [4.69, 9.17) is 4.74 Å². The molecule has 0 saturated carbocycles. The summed E-state index contributed by atoms with van der Waals surface area (Å²) in [4.78, 5) is 16.0. The Kier molecular flexibility index (Phi) is 4.58. The van der Waals surface area contributed by atoms with E-state index in [1.165, 1.54) is 11.7 Å². The molecule has 7 heteroatoms. The minimum absolute atomic E-state index is 0.178. The van der Waals surface area contributed by atoms with E-state index < -0.39 is 0 Å². The van der Waals surface area contributed by atoms with Gasteiger partial charge in [0, 0.05) is 23.6 Å². The number of anilines is 1. The van der Waals surface area contributed by atoms with Crippen LogP contribution in [0.4, 0.5) is 5.69 Å². The van der Waals surface area contributed by atoms with Crippen molar-refractivity contribution in [3.63, 3.8) is 0 Å². The summed E-state index contributed by atoms with van der Waals surface area (Å²) in [6.07, 6.45) is 3.25. The van der Waals surface area contributed by atoms with Crippen molar-refractivity contribution < 1.29 is 9.53 Å². The van der Waals surface area contributed by atoms with Gasteiger partial charge in [0.2, 0.25) is 0 Å². The molecule has 0 spiro atoms. The number of benzene rings is 1. The third kappa shape index (κ3) is 3.89. The molecule has 1 amide bonds. The normalized spacial score (nSPS) is 10.3. The highest BCUT2D eigenvalue weighted by molar-refractivity contribution is 6.99. The van der Waals surface area contributed by atoms with Gasteiger partial charge in [-0.05, 0) is 43.3 Å². The number of aromatic nitrogens is 3. The van der Waals surface area contributed by atoms with Crippen molar-refractivity contribution >= 4 is 23.3 Å². The highest BCUT2D eigenvalue weighted by Gasteiger charge is 2.07. The molecule has 3 aromatic rings. The molecule has 1 aromatic carbocycles. The van der Waals surface area contributed by atoms with E-state index in [1.807, 2.05) is 6.92 Å². The van der Waals surface area contributed by atoms with Crippen LogP contribution in [-0.4, -0.2) is 19.6 Å². The summed E-state index contributed by atoms with van der Waals surface area (Å²) in [6, 6.07) is 10.4. The Hall–Kier alpha value is -2.80. The molecule has 0 radical (unpaired) electrons. The van der Waals surface area contributed by atoms with Crippen LogP contribution < -0.4 is 10.1 Å². The van der Waals surface area contributed by atoms with Crippen LogP contribution in [0.2, 0.25) is 0 Å². The van der Waals surface area contributed by atoms with Crippen LogP contribution >= 0.6 is 11.7 Å². The maximum absolute atomic E-state index is 12.1. The first-order valence-electron chi connectivity index (χ1n) is 6.94. The van der Waals surface area contributed by atoms with E-state index in [1.54, 1.807) is 48.8 Å². The summed E-state index contributed by atoms with van der Waals surface area (Å²) in [5, 5.41) is 2.80. The third-order valence-electron chi connectivity index (χ3n) is 3.18. The minimum atomic E-state index is -0.178. The number of pyridine rings is 1. The SMILES string of the molecule is Cc1nsnc1COc1ccc(C(=O)Nc2ccncc2)cc1. The standard InChI is InChI=1S/C16H14N4O2S/c1-11-15(20-23-19-11)10-22-14-4-2-12(3-5-14)16(21)18-13-6-8-17-9-7-13/h2-9H,10H2,1H3,(H,17,18,21). The zero-order chi connectivity index (χ0) is 16.1. The van der Waals surface area contributed by atoms with Crippen LogP contribution in [0.5, 0.6) is 5.75 Å². The van der Waals surface area contributed by atoms with Crippen LogP contribution in [-0.2, 0) is 6.61 Å². The van der Waals surface area contributed by atoms with Crippen molar-refractivity contribution in [2.24, 2.45) is 0 Å². The molecule has 116 valence electrons. The zero-order valence-electron chi connectivity index (χ0n) is 12.4. The summed E-state index contributed by atoms with van der Waals surface area (Å²) in [7, 11) is 0. The first kappa shape index (κ1) is 15.1. The molecule has 2 heterocycles. The molecule has 0 aliphatic rings. The first-order valence-corrected chi connectivity index (χ1v) is 7.67. The number of aryl methyl sites for hydroxylation is 1. The van der Waals surface area contributed by atoms with E-state index >= 15 is 0 Å². The Morgan fingerprint density at radius 2 is 1.87 bits per heavy atom. The molecule has 2 aromatic heterocycles. The number of hydrogen-bond donors (Lipinski definition) is 1. The number of nitrogens with one attached hydrogen (secondary N) is 1. The van der Waals surface area contributed by atoms with Gasteiger partial charge < -0.3 is 10.1 Å². The third-order valence-corrected chi connectivity index (χ3v) is 3.83. The molecule has 3 rings (SSSR count). The van der Waals surface area contributed by atoms with Gasteiger partial charge in [-0.15, -0.1) is 0 Å². The van der Waals surface area contributed by atoms with Gasteiger partial charge in [0.1, 0.15) is 18.1 Å². The predicted molar refractivity (Wildman–Crippen MR) is 87.6 cm³/mol.